The van der Waals surface area contributed by atoms with E-state index in [2.05, 4.69) is 10.4 Å². The number of hydrazone groups is 1. The highest BCUT2D eigenvalue weighted by Crippen LogP contribution is 2.37. The maximum atomic E-state index is 12.7. The number of carbonyl (C=O) groups excluding carboxylic acids is 3. The molecule has 1 N–H and O–H groups in total. The first-order chi connectivity index (χ1) is 18.3. The van der Waals surface area contributed by atoms with Crippen LogP contribution in [0.4, 0.5) is 5.69 Å². The zero-order valence-electron chi connectivity index (χ0n) is 20.5. The number of nitrogens with zero attached hydrogens (tertiary/aromatic N) is 2. The lowest BCUT2D eigenvalue weighted by molar-refractivity contribution is -0.135. The average molecular weight is 528 g/mol. The number of ether oxygens (including phenoxy) is 2. The Morgan fingerprint density at radius 3 is 2.50 bits per heavy atom. The third-order valence-corrected chi connectivity index (χ3v) is 6.08. The van der Waals surface area contributed by atoms with Gasteiger partial charge in [-0.05, 0) is 47.2 Å². The summed E-state index contributed by atoms with van der Waals surface area (Å²) in [4.78, 5) is 37.1. The number of hydrogen-bond acceptors (Lipinski definition) is 6. The molecule has 5 rings (SSSR count). The summed E-state index contributed by atoms with van der Waals surface area (Å²) in [5, 5.41) is 10.6. The first-order valence-electron chi connectivity index (χ1n) is 11.7. The summed E-state index contributed by atoms with van der Waals surface area (Å²) in [7, 11) is 0. The van der Waals surface area contributed by atoms with Gasteiger partial charge < -0.3 is 14.8 Å². The fourth-order valence-electron chi connectivity index (χ4n) is 4.20. The molecule has 8 nitrogen and oxygen atoms in total. The van der Waals surface area contributed by atoms with Gasteiger partial charge in [-0.1, -0.05) is 60.1 Å². The molecule has 9 heteroatoms. The molecule has 0 saturated heterocycles. The highest BCUT2D eigenvalue weighted by Gasteiger charge is 2.35. The standard InChI is InChI=1S/C29H22ClN3O5/c1-17(34)33-29(21-9-6-11-23(16-21)31-27(36)20-8-5-10-22(30)15-20)38-28(32-33)26-24-12-4-3-7-19(24)13-14-25(26)37-18(2)35/h3-16,29H,1-2H3,(H,31,36). The molecule has 4 aromatic carbocycles. The molecule has 0 bridgehead atoms. The number of anilines is 1. The Kier molecular flexibility index (Phi) is 6.81. The molecule has 0 aliphatic carbocycles. The van der Waals surface area contributed by atoms with Gasteiger partial charge in [-0.15, -0.1) is 5.10 Å². The van der Waals surface area contributed by atoms with Gasteiger partial charge in [0.1, 0.15) is 5.75 Å². The van der Waals surface area contributed by atoms with Crippen LogP contribution >= 0.6 is 11.6 Å². The first-order valence-corrected chi connectivity index (χ1v) is 12.1. The van der Waals surface area contributed by atoms with Gasteiger partial charge >= 0.3 is 5.97 Å². The molecule has 1 atom stereocenters. The Bertz CT molecular complexity index is 1620. The van der Waals surface area contributed by atoms with Gasteiger partial charge in [0.05, 0.1) is 5.56 Å². The van der Waals surface area contributed by atoms with Crippen LogP contribution < -0.4 is 10.1 Å². The molecule has 0 aromatic heterocycles. The quantitative estimate of drug-likeness (QED) is 0.257. The van der Waals surface area contributed by atoms with Gasteiger partial charge in [0.2, 0.25) is 18.0 Å². The van der Waals surface area contributed by atoms with Gasteiger partial charge in [-0.25, -0.2) is 0 Å². The van der Waals surface area contributed by atoms with Crippen LogP contribution in [0.3, 0.4) is 0 Å². The van der Waals surface area contributed by atoms with Crippen LogP contribution in [0.2, 0.25) is 5.02 Å². The summed E-state index contributed by atoms with van der Waals surface area (Å²) in [6, 6.07) is 24.6. The lowest BCUT2D eigenvalue weighted by Gasteiger charge is -2.20. The summed E-state index contributed by atoms with van der Waals surface area (Å²) >= 11 is 6.01. The zero-order valence-corrected chi connectivity index (χ0v) is 21.2. The lowest BCUT2D eigenvalue weighted by Crippen LogP contribution is -2.25. The van der Waals surface area contributed by atoms with Crippen LogP contribution in [-0.4, -0.2) is 28.7 Å². The minimum absolute atomic E-state index is 0.131. The Balaban J connectivity index is 1.49. The number of esters is 1. The maximum Gasteiger partial charge on any atom is 0.308 e. The van der Waals surface area contributed by atoms with Crippen LogP contribution in [0.1, 0.15) is 41.6 Å². The van der Waals surface area contributed by atoms with Crippen molar-refractivity contribution in [2.24, 2.45) is 5.10 Å². The van der Waals surface area contributed by atoms with Gasteiger partial charge in [0, 0.05) is 35.7 Å². The molecule has 0 saturated carbocycles. The molecular weight excluding hydrogens is 506 g/mol. The Hall–Kier alpha value is -4.69. The van der Waals surface area contributed by atoms with E-state index >= 15 is 0 Å². The maximum absolute atomic E-state index is 12.7. The van der Waals surface area contributed by atoms with Crippen molar-refractivity contribution < 1.29 is 23.9 Å². The van der Waals surface area contributed by atoms with E-state index in [1.807, 2.05) is 30.3 Å². The van der Waals surface area contributed by atoms with Gasteiger partial charge in [-0.2, -0.15) is 5.01 Å². The smallest absolute Gasteiger partial charge is 0.308 e. The molecule has 38 heavy (non-hydrogen) atoms. The molecule has 0 fully saturated rings. The monoisotopic (exact) mass is 527 g/mol. The van der Waals surface area contributed by atoms with Crippen molar-refractivity contribution in [1.29, 1.82) is 0 Å². The molecule has 2 amide bonds. The van der Waals surface area contributed by atoms with Crippen molar-refractivity contribution in [3.8, 4) is 5.75 Å². The number of hydrogen-bond donors (Lipinski definition) is 1. The summed E-state index contributed by atoms with van der Waals surface area (Å²) in [5.74, 6) is -0.789. The minimum Gasteiger partial charge on any atom is -0.446 e. The van der Waals surface area contributed by atoms with Gasteiger partial charge in [-0.3, -0.25) is 14.4 Å². The van der Waals surface area contributed by atoms with E-state index in [1.54, 1.807) is 54.6 Å². The second-order valence-corrected chi connectivity index (χ2v) is 9.02. The predicted molar refractivity (Wildman–Crippen MR) is 144 cm³/mol. The second-order valence-electron chi connectivity index (χ2n) is 8.58. The van der Waals surface area contributed by atoms with Crippen LogP contribution in [0.25, 0.3) is 10.8 Å². The average Bonchev–Trinajstić information content (AvgIpc) is 3.34. The van der Waals surface area contributed by atoms with E-state index in [9.17, 15) is 14.4 Å². The topological polar surface area (TPSA) is 97.3 Å². The number of benzene rings is 4. The Morgan fingerprint density at radius 2 is 1.74 bits per heavy atom. The number of carbonyl (C=O) groups is 3. The van der Waals surface area contributed by atoms with E-state index in [4.69, 9.17) is 21.1 Å². The number of rotatable bonds is 5. The molecule has 0 radical (unpaired) electrons. The van der Waals surface area contributed by atoms with E-state index in [-0.39, 0.29) is 23.5 Å². The molecule has 1 unspecified atom stereocenters. The van der Waals surface area contributed by atoms with Crippen molar-refractivity contribution in [2.75, 3.05) is 5.32 Å². The van der Waals surface area contributed by atoms with Crippen molar-refractivity contribution >= 4 is 51.7 Å². The number of fused-ring (bicyclic) bond motifs is 1. The van der Waals surface area contributed by atoms with Crippen molar-refractivity contribution in [3.05, 3.63) is 107 Å². The zero-order chi connectivity index (χ0) is 26.8. The van der Waals surface area contributed by atoms with E-state index < -0.39 is 12.2 Å². The van der Waals surface area contributed by atoms with Gasteiger partial charge in [0.15, 0.2) is 0 Å². The summed E-state index contributed by atoms with van der Waals surface area (Å²) in [5.41, 5.74) is 1.94. The third-order valence-electron chi connectivity index (χ3n) is 5.84. The summed E-state index contributed by atoms with van der Waals surface area (Å²) < 4.78 is 11.7. The fraction of sp³-hybridized carbons (Fsp3) is 0.103. The van der Waals surface area contributed by atoms with Crippen molar-refractivity contribution in [2.45, 2.75) is 20.1 Å². The van der Waals surface area contributed by atoms with E-state index in [0.717, 1.165) is 10.8 Å². The number of amides is 2. The summed E-state index contributed by atoms with van der Waals surface area (Å²) in [6.07, 6.45) is -0.908. The largest absolute Gasteiger partial charge is 0.446 e. The molecule has 1 aliphatic rings. The highest BCUT2D eigenvalue weighted by atomic mass is 35.5. The molecule has 0 spiro atoms. The summed E-state index contributed by atoms with van der Waals surface area (Å²) in [6.45, 7) is 2.69. The molecule has 1 heterocycles. The predicted octanol–water partition coefficient (Wildman–Crippen LogP) is 5.91. The van der Waals surface area contributed by atoms with Crippen molar-refractivity contribution in [3.63, 3.8) is 0 Å². The van der Waals surface area contributed by atoms with Crippen LogP contribution in [0.15, 0.2) is 90.0 Å². The van der Waals surface area contributed by atoms with Crippen LogP contribution in [0, 0.1) is 0 Å². The van der Waals surface area contributed by atoms with Crippen LogP contribution in [-0.2, 0) is 14.3 Å². The lowest BCUT2D eigenvalue weighted by atomic mass is 10.0. The Morgan fingerprint density at radius 1 is 0.947 bits per heavy atom. The van der Waals surface area contributed by atoms with Crippen LogP contribution in [0.5, 0.6) is 5.75 Å². The number of halogens is 1. The molecule has 4 aromatic rings. The molecule has 1 aliphatic heterocycles. The SMILES string of the molecule is CC(=O)Oc1ccc2ccccc2c1C1=NN(C(C)=O)C(c2cccc(NC(=O)c3cccc(Cl)c3)c2)O1. The van der Waals surface area contributed by atoms with Gasteiger partial charge in [0.25, 0.3) is 5.91 Å². The Labute approximate surface area is 223 Å². The number of nitrogens with one attached hydrogen (secondary N) is 1. The third kappa shape index (κ3) is 5.07. The molecule has 190 valence electrons. The van der Waals surface area contributed by atoms with E-state index in [0.29, 0.717) is 27.4 Å². The highest BCUT2D eigenvalue weighted by molar-refractivity contribution is 6.31. The normalized spacial score (nSPS) is 14.6. The fourth-order valence-corrected chi connectivity index (χ4v) is 4.39. The first kappa shape index (κ1) is 25.0. The second kappa shape index (κ2) is 10.4. The van der Waals surface area contributed by atoms with E-state index in [1.165, 1.54) is 18.9 Å². The van der Waals surface area contributed by atoms with Crippen molar-refractivity contribution in [1.82, 2.24) is 5.01 Å². The minimum atomic E-state index is -0.908. The molecular formula is C29H22ClN3O5.